The van der Waals surface area contributed by atoms with Crippen molar-refractivity contribution in [2.24, 2.45) is 12.8 Å². The van der Waals surface area contributed by atoms with Crippen molar-refractivity contribution in [1.29, 1.82) is 0 Å². The number of nitrogens with zero attached hydrogens (tertiary/aromatic N) is 2. The molecule has 0 radical (unpaired) electrons. The van der Waals surface area contributed by atoms with Gasteiger partial charge >= 0.3 is 0 Å². The normalized spacial score (nSPS) is 13.0. The molecule has 0 aliphatic rings. The van der Waals surface area contributed by atoms with Crippen molar-refractivity contribution < 1.29 is 4.74 Å². The first-order valence-electron chi connectivity index (χ1n) is 5.58. The van der Waals surface area contributed by atoms with E-state index in [9.17, 15) is 0 Å². The standard InChI is InChI=1S/C12H16ClN3O/c1-4-17-12-8(7(2)14)5-10(13)9-6-16(3)15-11(9)12/h5-7H,4,14H2,1-3H3. The van der Waals surface area contributed by atoms with E-state index < -0.39 is 0 Å². The van der Waals surface area contributed by atoms with Gasteiger partial charge in [-0.05, 0) is 19.9 Å². The van der Waals surface area contributed by atoms with Gasteiger partial charge in [0.15, 0.2) is 5.75 Å². The van der Waals surface area contributed by atoms with E-state index in [1.54, 1.807) is 4.68 Å². The zero-order valence-electron chi connectivity index (χ0n) is 10.2. The monoisotopic (exact) mass is 253 g/mol. The predicted molar refractivity (Wildman–Crippen MR) is 69.5 cm³/mol. The van der Waals surface area contributed by atoms with Gasteiger partial charge in [0.1, 0.15) is 5.52 Å². The Morgan fingerprint density at radius 1 is 1.59 bits per heavy atom. The van der Waals surface area contributed by atoms with Crippen molar-refractivity contribution in [3.63, 3.8) is 0 Å². The van der Waals surface area contributed by atoms with E-state index in [-0.39, 0.29) is 6.04 Å². The molecule has 1 heterocycles. The molecule has 1 atom stereocenters. The summed E-state index contributed by atoms with van der Waals surface area (Å²) >= 11 is 6.23. The van der Waals surface area contributed by atoms with Crippen LogP contribution in [0.4, 0.5) is 0 Å². The third-order valence-electron chi connectivity index (χ3n) is 2.62. The molecule has 0 amide bonds. The van der Waals surface area contributed by atoms with E-state index in [1.807, 2.05) is 33.2 Å². The molecule has 1 aromatic heterocycles. The molecule has 0 saturated carbocycles. The molecule has 0 fully saturated rings. The topological polar surface area (TPSA) is 53.1 Å². The fraction of sp³-hybridized carbons (Fsp3) is 0.417. The Hall–Kier alpha value is -1.26. The van der Waals surface area contributed by atoms with E-state index in [2.05, 4.69) is 5.10 Å². The fourth-order valence-corrected chi connectivity index (χ4v) is 2.14. The molecular weight excluding hydrogens is 238 g/mol. The maximum absolute atomic E-state index is 6.23. The van der Waals surface area contributed by atoms with Gasteiger partial charge < -0.3 is 10.5 Å². The van der Waals surface area contributed by atoms with Gasteiger partial charge in [-0.25, -0.2) is 0 Å². The Labute approximate surface area is 105 Å². The molecule has 0 spiro atoms. The van der Waals surface area contributed by atoms with Crippen LogP contribution in [0.3, 0.4) is 0 Å². The van der Waals surface area contributed by atoms with Crippen LogP contribution < -0.4 is 10.5 Å². The number of rotatable bonds is 3. The highest BCUT2D eigenvalue weighted by Gasteiger charge is 2.17. The lowest BCUT2D eigenvalue weighted by Crippen LogP contribution is -2.08. The summed E-state index contributed by atoms with van der Waals surface area (Å²) in [5.74, 6) is 0.738. The van der Waals surface area contributed by atoms with Gasteiger partial charge in [-0.3, -0.25) is 4.68 Å². The molecule has 0 saturated heterocycles. The van der Waals surface area contributed by atoms with E-state index in [0.717, 1.165) is 22.2 Å². The highest BCUT2D eigenvalue weighted by molar-refractivity contribution is 6.35. The first-order valence-corrected chi connectivity index (χ1v) is 5.96. The summed E-state index contributed by atoms with van der Waals surface area (Å²) in [6, 6.07) is 1.72. The second-order valence-corrected chi connectivity index (χ2v) is 4.47. The van der Waals surface area contributed by atoms with Gasteiger partial charge in [-0.15, -0.1) is 0 Å². The molecule has 2 rings (SSSR count). The van der Waals surface area contributed by atoms with Crippen LogP contribution >= 0.6 is 11.6 Å². The number of nitrogens with two attached hydrogens (primary N) is 1. The average molecular weight is 254 g/mol. The minimum atomic E-state index is -0.138. The zero-order chi connectivity index (χ0) is 12.6. The third kappa shape index (κ3) is 2.10. The maximum atomic E-state index is 6.23. The molecule has 4 nitrogen and oxygen atoms in total. The summed E-state index contributed by atoms with van der Waals surface area (Å²) in [4.78, 5) is 0. The lowest BCUT2D eigenvalue weighted by Gasteiger charge is -2.14. The number of aryl methyl sites for hydroxylation is 1. The van der Waals surface area contributed by atoms with E-state index in [0.29, 0.717) is 11.6 Å². The van der Waals surface area contributed by atoms with Crippen LogP contribution in [-0.2, 0) is 7.05 Å². The first-order chi connectivity index (χ1) is 8.04. The van der Waals surface area contributed by atoms with Crippen molar-refractivity contribution >= 4 is 22.5 Å². The lowest BCUT2D eigenvalue weighted by atomic mass is 10.1. The van der Waals surface area contributed by atoms with Crippen LogP contribution in [-0.4, -0.2) is 16.4 Å². The zero-order valence-corrected chi connectivity index (χ0v) is 11.0. The van der Waals surface area contributed by atoms with E-state index >= 15 is 0 Å². The summed E-state index contributed by atoms with van der Waals surface area (Å²) in [6.07, 6.45) is 1.88. The molecule has 17 heavy (non-hydrogen) atoms. The summed E-state index contributed by atoms with van der Waals surface area (Å²) in [5.41, 5.74) is 7.60. The Morgan fingerprint density at radius 3 is 2.88 bits per heavy atom. The second kappa shape index (κ2) is 4.55. The number of halogens is 1. The number of benzene rings is 1. The molecule has 2 aromatic rings. The Kier molecular flexibility index (Phi) is 3.26. The van der Waals surface area contributed by atoms with Gasteiger partial charge in [0.25, 0.3) is 0 Å². The van der Waals surface area contributed by atoms with E-state index in [1.165, 1.54) is 0 Å². The number of hydrogen-bond acceptors (Lipinski definition) is 3. The predicted octanol–water partition coefficient (Wildman–Crippen LogP) is 2.65. The van der Waals surface area contributed by atoms with Crippen molar-refractivity contribution in [3.8, 4) is 5.75 Å². The molecule has 5 heteroatoms. The molecule has 2 N–H and O–H groups in total. The highest BCUT2D eigenvalue weighted by Crippen LogP contribution is 2.36. The van der Waals surface area contributed by atoms with Crippen LogP contribution in [0.2, 0.25) is 5.02 Å². The Bertz CT molecular complexity index is 548. The molecule has 1 unspecified atom stereocenters. The highest BCUT2D eigenvalue weighted by atomic mass is 35.5. The summed E-state index contributed by atoms with van der Waals surface area (Å²) < 4.78 is 7.39. The maximum Gasteiger partial charge on any atom is 0.152 e. The molecule has 0 aliphatic carbocycles. The molecule has 92 valence electrons. The molecular formula is C12H16ClN3O. The van der Waals surface area contributed by atoms with Crippen LogP contribution in [0, 0.1) is 0 Å². The fourth-order valence-electron chi connectivity index (χ4n) is 1.88. The van der Waals surface area contributed by atoms with Gasteiger partial charge in [0, 0.05) is 30.2 Å². The Balaban J connectivity index is 2.77. The van der Waals surface area contributed by atoms with Crippen LogP contribution in [0.1, 0.15) is 25.5 Å². The second-order valence-electron chi connectivity index (χ2n) is 4.06. The number of fused-ring (bicyclic) bond motifs is 1. The summed E-state index contributed by atoms with van der Waals surface area (Å²) in [5, 5.41) is 5.93. The first kappa shape index (κ1) is 12.2. The van der Waals surface area contributed by atoms with Gasteiger partial charge in [0.05, 0.1) is 11.6 Å². The quantitative estimate of drug-likeness (QED) is 0.915. The number of hydrogen-bond donors (Lipinski definition) is 1. The third-order valence-corrected chi connectivity index (χ3v) is 2.94. The smallest absolute Gasteiger partial charge is 0.152 e. The Morgan fingerprint density at radius 2 is 2.29 bits per heavy atom. The molecule has 1 aromatic carbocycles. The largest absolute Gasteiger partial charge is 0.491 e. The van der Waals surface area contributed by atoms with Crippen molar-refractivity contribution in [3.05, 3.63) is 22.8 Å². The van der Waals surface area contributed by atoms with Crippen LogP contribution in [0.25, 0.3) is 10.9 Å². The minimum absolute atomic E-state index is 0.138. The van der Waals surface area contributed by atoms with E-state index in [4.69, 9.17) is 22.1 Å². The van der Waals surface area contributed by atoms with Crippen molar-refractivity contribution in [2.45, 2.75) is 19.9 Å². The van der Waals surface area contributed by atoms with Gasteiger partial charge in [-0.2, -0.15) is 5.10 Å². The number of ether oxygens (including phenoxy) is 1. The van der Waals surface area contributed by atoms with Crippen LogP contribution in [0.5, 0.6) is 5.75 Å². The van der Waals surface area contributed by atoms with Crippen molar-refractivity contribution in [2.75, 3.05) is 6.61 Å². The van der Waals surface area contributed by atoms with Crippen molar-refractivity contribution in [1.82, 2.24) is 9.78 Å². The van der Waals surface area contributed by atoms with Gasteiger partial charge in [0.2, 0.25) is 0 Å². The number of aromatic nitrogens is 2. The lowest BCUT2D eigenvalue weighted by molar-refractivity contribution is 0.338. The van der Waals surface area contributed by atoms with Crippen LogP contribution in [0.15, 0.2) is 12.3 Å². The molecule has 0 bridgehead atoms. The molecule has 0 aliphatic heterocycles. The summed E-state index contributed by atoms with van der Waals surface area (Å²) in [7, 11) is 1.86. The minimum Gasteiger partial charge on any atom is -0.491 e. The SMILES string of the molecule is CCOc1c(C(C)N)cc(Cl)c2cn(C)nc12. The summed E-state index contributed by atoms with van der Waals surface area (Å²) in [6.45, 7) is 4.42. The average Bonchev–Trinajstić information content (AvgIpc) is 2.64. The van der Waals surface area contributed by atoms with Gasteiger partial charge in [-0.1, -0.05) is 11.6 Å².